The number of carbonyl (C=O) groups is 4. The van der Waals surface area contributed by atoms with Crippen LogP contribution >= 0.6 is 0 Å². The Kier molecular flexibility index (Phi) is 9.51. The molecule has 0 aromatic heterocycles. The first-order valence-corrected chi connectivity index (χ1v) is 8.85. The van der Waals surface area contributed by atoms with Gasteiger partial charge in [0, 0.05) is 29.6 Å². The van der Waals surface area contributed by atoms with Crippen molar-refractivity contribution >= 4 is 35.3 Å². The van der Waals surface area contributed by atoms with Crippen LogP contribution in [-0.2, 0) is 33.3 Å². The fourth-order valence-electron chi connectivity index (χ4n) is 2.20. The first-order valence-electron chi connectivity index (χ1n) is 8.85. The normalized spacial score (nSPS) is 10.3. The molecule has 0 saturated carbocycles. The van der Waals surface area contributed by atoms with E-state index in [2.05, 4.69) is 19.7 Å². The van der Waals surface area contributed by atoms with Gasteiger partial charge in [-0.3, -0.25) is 0 Å². The molecular formula is C21H24N2O8. The van der Waals surface area contributed by atoms with Crippen molar-refractivity contribution < 1.29 is 38.1 Å². The third kappa shape index (κ3) is 8.44. The second-order valence-electron chi connectivity index (χ2n) is 6.40. The minimum atomic E-state index is -1.43. The number of ether oxygens (including phenoxy) is 4. The van der Waals surface area contributed by atoms with Crippen molar-refractivity contribution in [1.29, 1.82) is 0 Å². The summed E-state index contributed by atoms with van der Waals surface area (Å²) in [5.74, 6) is -3.17. The largest absolute Gasteiger partial charge is 0.462 e. The van der Waals surface area contributed by atoms with E-state index < -0.39 is 55.7 Å². The Labute approximate surface area is 179 Å². The highest BCUT2D eigenvalue weighted by Crippen LogP contribution is 2.23. The summed E-state index contributed by atoms with van der Waals surface area (Å²) in [6, 6.07) is 4.17. The van der Waals surface area contributed by atoms with Gasteiger partial charge in [0.2, 0.25) is 0 Å². The van der Waals surface area contributed by atoms with Gasteiger partial charge in [0.25, 0.3) is 0 Å². The molecule has 0 bridgehead atoms. The molecule has 0 heterocycles. The van der Waals surface area contributed by atoms with Crippen LogP contribution in [0.4, 0.5) is 11.4 Å². The van der Waals surface area contributed by atoms with E-state index in [9.17, 15) is 19.2 Å². The molecular weight excluding hydrogens is 408 g/mol. The Morgan fingerprint density at radius 2 is 1.06 bits per heavy atom. The lowest BCUT2D eigenvalue weighted by Gasteiger charge is -2.31. The average Bonchev–Trinajstić information content (AvgIpc) is 2.76. The van der Waals surface area contributed by atoms with E-state index in [1.807, 2.05) is 0 Å². The lowest BCUT2D eigenvalue weighted by molar-refractivity contribution is -0.159. The van der Waals surface area contributed by atoms with Crippen molar-refractivity contribution in [1.82, 2.24) is 0 Å². The summed E-state index contributed by atoms with van der Waals surface area (Å²) in [4.78, 5) is 47.1. The van der Waals surface area contributed by atoms with Crippen LogP contribution in [-0.4, -0.2) is 50.3 Å². The molecule has 0 aliphatic rings. The molecule has 0 atom stereocenters. The highest BCUT2D eigenvalue weighted by molar-refractivity contribution is 5.91. The van der Waals surface area contributed by atoms with E-state index in [0.29, 0.717) is 0 Å². The summed E-state index contributed by atoms with van der Waals surface area (Å²) in [6.07, 6.45) is 2.74. The number of nitrogen functional groups attached to an aromatic ring is 2. The molecule has 166 valence electrons. The third-order valence-electron chi connectivity index (χ3n) is 3.78. The van der Waals surface area contributed by atoms with Crippen LogP contribution in [0.3, 0.4) is 0 Å². The van der Waals surface area contributed by atoms with Crippen molar-refractivity contribution in [3.63, 3.8) is 0 Å². The van der Waals surface area contributed by atoms with Gasteiger partial charge < -0.3 is 30.4 Å². The molecule has 0 amide bonds. The van der Waals surface area contributed by atoms with Crippen molar-refractivity contribution in [2.24, 2.45) is 5.41 Å². The molecule has 0 saturated heterocycles. The number of esters is 4. The molecule has 10 nitrogen and oxygen atoms in total. The predicted octanol–water partition coefficient (Wildman–Crippen LogP) is 1.18. The second-order valence-corrected chi connectivity index (χ2v) is 6.40. The second kappa shape index (κ2) is 11.8. The van der Waals surface area contributed by atoms with Crippen LogP contribution in [0.1, 0.15) is 10.4 Å². The van der Waals surface area contributed by atoms with Crippen molar-refractivity contribution in [2.75, 3.05) is 37.9 Å². The summed E-state index contributed by atoms with van der Waals surface area (Å²) in [5, 5.41) is 0. The zero-order chi connectivity index (χ0) is 23.4. The number of hydrogen-bond acceptors (Lipinski definition) is 10. The topological polar surface area (TPSA) is 157 Å². The van der Waals surface area contributed by atoms with Gasteiger partial charge in [0.05, 0.1) is 5.56 Å². The van der Waals surface area contributed by atoms with E-state index in [0.717, 1.165) is 18.2 Å². The molecule has 0 radical (unpaired) electrons. The third-order valence-corrected chi connectivity index (χ3v) is 3.78. The van der Waals surface area contributed by atoms with Crippen LogP contribution in [0.2, 0.25) is 0 Å². The van der Waals surface area contributed by atoms with Crippen molar-refractivity contribution in [2.45, 2.75) is 0 Å². The van der Waals surface area contributed by atoms with Gasteiger partial charge in [0.1, 0.15) is 31.8 Å². The molecule has 0 spiro atoms. The summed E-state index contributed by atoms with van der Waals surface area (Å²) in [5.41, 5.74) is 10.5. The first kappa shape index (κ1) is 25.0. The SMILES string of the molecule is C=CC(=O)OCC(COC(=O)C=C)(COC(=O)C=C)COC(=O)c1cc(N)cc(N)c1. The lowest BCUT2D eigenvalue weighted by Crippen LogP contribution is -2.43. The average molecular weight is 432 g/mol. The number of hydrogen-bond donors (Lipinski definition) is 2. The smallest absolute Gasteiger partial charge is 0.338 e. The molecule has 4 N–H and O–H groups in total. The maximum absolute atomic E-state index is 12.5. The van der Waals surface area contributed by atoms with Crippen LogP contribution < -0.4 is 11.5 Å². The summed E-state index contributed by atoms with van der Waals surface area (Å²) >= 11 is 0. The quantitative estimate of drug-likeness (QED) is 0.213. The molecule has 1 rings (SSSR count). The van der Waals surface area contributed by atoms with Crippen molar-refractivity contribution in [3.8, 4) is 0 Å². The molecule has 1 aromatic carbocycles. The predicted molar refractivity (Wildman–Crippen MR) is 111 cm³/mol. The Balaban J connectivity index is 3.12. The van der Waals surface area contributed by atoms with Crippen LogP contribution in [0, 0.1) is 5.41 Å². The Bertz CT molecular complexity index is 798. The fraction of sp³-hybridized carbons (Fsp3) is 0.238. The summed E-state index contributed by atoms with van der Waals surface area (Å²) in [6.45, 7) is 8.10. The van der Waals surface area contributed by atoms with E-state index in [1.165, 1.54) is 18.2 Å². The Morgan fingerprint density at radius 1 is 0.710 bits per heavy atom. The minimum Gasteiger partial charge on any atom is -0.462 e. The Hall–Kier alpha value is -4.08. The number of rotatable bonds is 12. The standard InChI is InChI=1S/C21H24N2O8/c1-4-17(24)28-10-21(11-29-18(25)5-2,12-30-19(26)6-3)13-31-20(27)14-7-15(22)9-16(23)8-14/h4-9H,1-3,10-13,22-23H2. The van der Waals surface area contributed by atoms with Gasteiger partial charge in [-0.05, 0) is 18.2 Å². The van der Waals surface area contributed by atoms with Gasteiger partial charge in [-0.1, -0.05) is 19.7 Å². The summed E-state index contributed by atoms with van der Waals surface area (Å²) in [7, 11) is 0. The van der Waals surface area contributed by atoms with Gasteiger partial charge in [-0.15, -0.1) is 0 Å². The zero-order valence-corrected chi connectivity index (χ0v) is 16.8. The molecule has 0 unspecified atom stereocenters. The van der Waals surface area contributed by atoms with Crippen LogP contribution in [0.5, 0.6) is 0 Å². The lowest BCUT2D eigenvalue weighted by atomic mass is 9.92. The monoisotopic (exact) mass is 432 g/mol. The van der Waals surface area contributed by atoms with Crippen LogP contribution in [0.15, 0.2) is 56.2 Å². The number of anilines is 2. The molecule has 0 aliphatic carbocycles. The van der Waals surface area contributed by atoms with E-state index in [-0.39, 0.29) is 16.9 Å². The molecule has 1 aromatic rings. The van der Waals surface area contributed by atoms with Gasteiger partial charge in [-0.25, -0.2) is 19.2 Å². The van der Waals surface area contributed by atoms with E-state index in [1.54, 1.807) is 0 Å². The number of nitrogens with two attached hydrogens (primary N) is 2. The molecule has 10 heteroatoms. The van der Waals surface area contributed by atoms with Crippen LogP contribution in [0.25, 0.3) is 0 Å². The van der Waals surface area contributed by atoms with E-state index >= 15 is 0 Å². The molecule has 0 aliphatic heterocycles. The fourth-order valence-corrected chi connectivity index (χ4v) is 2.20. The zero-order valence-electron chi connectivity index (χ0n) is 16.8. The minimum absolute atomic E-state index is 0.0701. The maximum Gasteiger partial charge on any atom is 0.338 e. The van der Waals surface area contributed by atoms with Gasteiger partial charge in [-0.2, -0.15) is 0 Å². The first-order chi connectivity index (χ1) is 14.6. The Morgan fingerprint density at radius 3 is 1.42 bits per heavy atom. The number of carbonyl (C=O) groups excluding carboxylic acids is 4. The highest BCUT2D eigenvalue weighted by atomic mass is 16.6. The van der Waals surface area contributed by atoms with E-state index in [4.69, 9.17) is 30.4 Å². The van der Waals surface area contributed by atoms with Gasteiger partial charge in [0.15, 0.2) is 0 Å². The maximum atomic E-state index is 12.5. The highest BCUT2D eigenvalue weighted by Gasteiger charge is 2.37. The van der Waals surface area contributed by atoms with Gasteiger partial charge >= 0.3 is 23.9 Å². The summed E-state index contributed by atoms with van der Waals surface area (Å²) < 4.78 is 20.4. The molecule has 0 fully saturated rings. The van der Waals surface area contributed by atoms with Crippen molar-refractivity contribution in [3.05, 3.63) is 61.7 Å². The number of benzene rings is 1. The molecule has 31 heavy (non-hydrogen) atoms.